The Labute approximate surface area is 113 Å². The van der Waals surface area contributed by atoms with E-state index in [0.29, 0.717) is 23.5 Å². The Morgan fingerprint density at radius 3 is 2.95 bits per heavy atom. The first kappa shape index (κ1) is 12.0. The van der Waals surface area contributed by atoms with Crippen molar-refractivity contribution in [2.75, 3.05) is 5.73 Å². The van der Waals surface area contributed by atoms with Gasteiger partial charge in [-0.15, -0.1) is 0 Å². The lowest BCUT2D eigenvalue weighted by atomic mass is 10.2. The average molecular weight is 270 g/mol. The maximum Gasteiger partial charge on any atom is 0.269 e. The SMILES string of the molecule is Nc1ncnc2c1ncn2Cc1cccc([N+](=O)[O-])c1. The highest BCUT2D eigenvalue weighted by molar-refractivity contribution is 5.81. The summed E-state index contributed by atoms with van der Waals surface area (Å²) in [6.45, 7) is 0.425. The quantitative estimate of drug-likeness (QED) is 0.568. The molecule has 8 nitrogen and oxygen atoms in total. The first-order valence-corrected chi connectivity index (χ1v) is 5.80. The third kappa shape index (κ3) is 2.03. The van der Waals surface area contributed by atoms with Crippen molar-refractivity contribution in [3.8, 4) is 0 Å². The Kier molecular flexibility index (Phi) is 2.75. The lowest BCUT2D eigenvalue weighted by molar-refractivity contribution is -0.384. The number of hydrogen-bond donors (Lipinski definition) is 1. The number of aromatic nitrogens is 4. The van der Waals surface area contributed by atoms with Crippen molar-refractivity contribution >= 4 is 22.7 Å². The second-order valence-electron chi connectivity index (χ2n) is 4.23. The molecule has 0 bridgehead atoms. The highest BCUT2D eigenvalue weighted by Crippen LogP contribution is 2.18. The van der Waals surface area contributed by atoms with Gasteiger partial charge in [-0.3, -0.25) is 10.1 Å². The molecule has 0 aliphatic rings. The predicted octanol–water partition coefficient (Wildman–Crippen LogP) is 1.36. The van der Waals surface area contributed by atoms with Gasteiger partial charge in [0.1, 0.15) is 11.8 Å². The summed E-state index contributed by atoms with van der Waals surface area (Å²) < 4.78 is 1.77. The zero-order chi connectivity index (χ0) is 14.1. The molecule has 3 aromatic rings. The number of rotatable bonds is 3. The number of benzene rings is 1. The molecule has 0 unspecified atom stereocenters. The van der Waals surface area contributed by atoms with Crippen LogP contribution in [0.4, 0.5) is 11.5 Å². The van der Waals surface area contributed by atoms with Crippen LogP contribution in [0.15, 0.2) is 36.9 Å². The van der Waals surface area contributed by atoms with Crippen LogP contribution in [0.25, 0.3) is 11.2 Å². The van der Waals surface area contributed by atoms with E-state index in [-0.39, 0.29) is 5.69 Å². The topological polar surface area (TPSA) is 113 Å². The summed E-state index contributed by atoms with van der Waals surface area (Å²) >= 11 is 0. The molecular formula is C12H10N6O2. The molecule has 0 aliphatic heterocycles. The number of nitrogens with zero attached hydrogens (tertiary/aromatic N) is 5. The number of non-ortho nitro benzene ring substituents is 1. The molecule has 0 atom stereocenters. The smallest absolute Gasteiger partial charge is 0.269 e. The van der Waals surface area contributed by atoms with Crippen LogP contribution in [-0.4, -0.2) is 24.4 Å². The van der Waals surface area contributed by atoms with Gasteiger partial charge in [0.15, 0.2) is 11.5 Å². The molecule has 0 spiro atoms. The fourth-order valence-electron chi connectivity index (χ4n) is 1.98. The first-order chi connectivity index (χ1) is 9.65. The summed E-state index contributed by atoms with van der Waals surface area (Å²) in [7, 11) is 0. The van der Waals surface area contributed by atoms with Gasteiger partial charge in [0.05, 0.1) is 17.8 Å². The van der Waals surface area contributed by atoms with Gasteiger partial charge in [-0.2, -0.15) is 0 Å². The Balaban J connectivity index is 1.99. The normalized spacial score (nSPS) is 10.8. The second-order valence-corrected chi connectivity index (χ2v) is 4.23. The third-order valence-electron chi connectivity index (χ3n) is 2.90. The molecule has 20 heavy (non-hydrogen) atoms. The van der Waals surface area contributed by atoms with Gasteiger partial charge in [-0.1, -0.05) is 12.1 Å². The molecule has 2 aromatic heterocycles. The summed E-state index contributed by atoms with van der Waals surface area (Å²) in [5.74, 6) is 0.313. The van der Waals surface area contributed by atoms with Crippen molar-refractivity contribution in [1.29, 1.82) is 0 Å². The van der Waals surface area contributed by atoms with Gasteiger partial charge < -0.3 is 10.3 Å². The summed E-state index contributed by atoms with van der Waals surface area (Å²) in [4.78, 5) is 22.5. The average Bonchev–Trinajstić information content (AvgIpc) is 2.84. The van der Waals surface area contributed by atoms with E-state index in [2.05, 4.69) is 15.0 Å². The fraction of sp³-hybridized carbons (Fsp3) is 0.0833. The molecule has 3 rings (SSSR count). The van der Waals surface area contributed by atoms with Crippen LogP contribution in [0, 0.1) is 10.1 Å². The summed E-state index contributed by atoms with van der Waals surface area (Å²) in [5.41, 5.74) is 7.68. The Morgan fingerprint density at radius 2 is 2.15 bits per heavy atom. The van der Waals surface area contributed by atoms with E-state index in [4.69, 9.17) is 5.73 Å². The van der Waals surface area contributed by atoms with Crippen LogP contribution in [-0.2, 0) is 6.54 Å². The maximum atomic E-state index is 10.8. The molecule has 100 valence electrons. The summed E-state index contributed by atoms with van der Waals surface area (Å²) in [6.07, 6.45) is 2.96. The van der Waals surface area contributed by atoms with Crippen LogP contribution in [0.3, 0.4) is 0 Å². The molecule has 2 N–H and O–H groups in total. The van der Waals surface area contributed by atoms with Crippen molar-refractivity contribution < 1.29 is 4.92 Å². The Hall–Kier alpha value is -3.03. The van der Waals surface area contributed by atoms with Crippen molar-refractivity contribution in [1.82, 2.24) is 19.5 Å². The molecule has 0 fully saturated rings. The van der Waals surface area contributed by atoms with Crippen LogP contribution in [0.2, 0.25) is 0 Å². The highest BCUT2D eigenvalue weighted by atomic mass is 16.6. The zero-order valence-electron chi connectivity index (χ0n) is 10.3. The lowest BCUT2D eigenvalue weighted by Gasteiger charge is -2.04. The number of nitro groups is 1. The number of fused-ring (bicyclic) bond motifs is 1. The van der Waals surface area contributed by atoms with Gasteiger partial charge in [0, 0.05) is 12.1 Å². The number of imidazole rings is 1. The van der Waals surface area contributed by atoms with Crippen molar-refractivity contribution in [2.45, 2.75) is 6.54 Å². The van der Waals surface area contributed by atoms with Gasteiger partial charge in [-0.25, -0.2) is 15.0 Å². The van der Waals surface area contributed by atoms with Crippen molar-refractivity contribution in [3.63, 3.8) is 0 Å². The van der Waals surface area contributed by atoms with E-state index in [1.54, 1.807) is 17.0 Å². The molecule has 0 saturated carbocycles. The predicted molar refractivity (Wildman–Crippen MR) is 71.9 cm³/mol. The zero-order valence-corrected chi connectivity index (χ0v) is 10.3. The first-order valence-electron chi connectivity index (χ1n) is 5.80. The molecule has 0 amide bonds. The molecule has 0 aliphatic carbocycles. The van der Waals surface area contributed by atoms with Gasteiger partial charge in [0.2, 0.25) is 0 Å². The largest absolute Gasteiger partial charge is 0.382 e. The molecule has 0 radical (unpaired) electrons. The van der Waals surface area contributed by atoms with E-state index in [1.807, 2.05) is 6.07 Å². The lowest BCUT2D eigenvalue weighted by Crippen LogP contribution is -2.01. The van der Waals surface area contributed by atoms with Gasteiger partial charge in [0.25, 0.3) is 5.69 Å². The highest BCUT2D eigenvalue weighted by Gasteiger charge is 2.10. The molecule has 2 heterocycles. The second kappa shape index (κ2) is 4.57. The minimum atomic E-state index is -0.421. The van der Waals surface area contributed by atoms with Crippen LogP contribution < -0.4 is 5.73 Å². The molecule has 0 saturated heterocycles. The standard InChI is InChI=1S/C12H10N6O2/c13-11-10-12(15-6-14-11)17(7-16-10)5-8-2-1-3-9(4-8)18(19)20/h1-4,6-7H,5H2,(H2,13,14,15). The van der Waals surface area contributed by atoms with Crippen LogP contribution >= 0.6 is 0 Å². The van der Waals surface area contributed by atoms with Crippen LogP contribution in [0.1, 0.15) is 5.56 Å². The van der Waals surface area contributed by atoms with E-state index in [1.165, 1.54) is 18.5 Å². The van der Waals surface area contributed by atoms with E-state index >= 15 is 0 Å². The number of nitro benzene ring substituents is 1. The summed E-state index contributed by atoms with van der Waals surface area (Å²) in [5, 5.41) is 10.8. The number of anilines is 1. The van der Waals surface area contributed by atoms with E-state index < -0.39 is 4.92 Å². The minimum Gasteiger partial charge on any atom is -0.382 e. The van der Waals surface area contributed by atoms with Crippen molar-refractivity contribution in [2.24, 2.45) is 0 Å². The minimum absolute atomic E-state index is 0.0565. The van der Waals surface area contributed by atoms with Gasteiger partial charge in [-0.05, 0) is 5.56 Å². The number of nitrogens with two attached hydrogens (primary N) is 1. The summed E-state index contributed by atoms with van der Waals surface area (Å²) in [6, 6.07) is 6.44. The molecule has 1 aromatic carbocycles. The Bertz CT molecular complexity index is 797. The maximum absolute atomic E-state index is 10.8. The van der Waals surface area contributed by atoms with Gasteiger partial charge >= 0.3 is 0 Å². The Morgan fingerprint density at radius 1 is 1.30 bits per heavy atom. The van der Waals surface area contributed by atoms with E-state index in [9.17, 15) is 10.1 Å². The third-order valence-corrected chi connectivity index (χ3v) is 2.90. The monoisotopic (exact) mass is 270 g/mol. The van der Waals surface area contributed by atoms with E-state index in [0.717, 1.165) is 5.56 Å². The van der Waals surface area contributed by atoms with Crippen LogP contribution in [0.5, 0.6) is 0 Å². The van der Waals surface area contributed by atoms with Crippen molar-refractivity contribution in [3.05, 3.63) is 52.6 Å². The molecule has 8 heteroatoms. The number of nitrogen functional groups attached to an aromatic ring is 1. The fourth-order valence-corrected chi connectivity index (χ4v) is 1.98. The molecular weight excluding hydrogens is 260 g/mol. The number of hydrogen-bond acceptors (Lipinski definition) is 6.